The predicted molar refractivity (Wildman–Crippen MR) is 110 cm³/mol. The highest BCUT2D eigenvalue weighted by Gasteiger charge is 2.49. The molecule has 1 aromatic carbocycles. The average Bonchev–Trinajstić information content (AvgIpc) is 2.92. The fourth-order valence-corrected chi connectivity index (χ4v) is 5.19. The summed E-state index contributed by atoms with van der Waals surface area (Å²) >= 11 is 0. The Labute approximate surface area is 171 Å². The zero-order valence-corrected chi connectivity index (χ0v) is 17.5. The van der Waals surface area contributed by atoms with Gasteiger partial charge in [0.1, 0.15) is 12.3 Å². The summed E-state index contributed by atoms with van der Waals surface area (Å²) in [6, 6.07) is 5.66. The van der Waals surface area contributed by atoms with Gasteiger partial charge in [-0.25, -0.2) is 0 Å². The summed E-state index contributed by atoms with van der Waals surface area (Å²) in [5.74, 6) is -0.443. The van der Waals surface area contributed by atoms with E-state index in [0.717, 1.165) is 42.5 Å². The molecule has 2 atom stereocenters. The van der Waals surface area contributed by atoms with Crippen LogP contribution in [0, 0.1) is 11.8 Å². The van der Waals surface area contributed by atoms with Crippen molar-refractivity contribution < 1.29 is 19.1 Å². The van der Waals surface area contributed by atoms with Crippen LogP contribution in [0.15, 0.2) is 24.3 Å². The number of likely N-dealkylation sites (tertiary alicyclic amines) is 1. The molecule has 3 aliphatic rings. The number of allylic oxidation sites excluding steroid dienone is 1. The normalized spacial score (nSPS) is 25.4. The molecule has 0 bridgehead atoms. The minimum Gasteiger partial charge on any atom is -0.497 e. The Morgan fingerprint density at radius 3 is 2.34 bits per heavy atom. The minimum absolute atomic E-state index is 0.180. The topological polar surface area (TPSA) is 66.9 Å². The molecular formula is C23H28N2O4. The second kappa shape index (κ2) is 7.01. The molecule has 154 valence electrons. The van der Waals surface area contributed by atoms with E-state index in [0.29, 0.717) is 5.75 Å². The summed E-state index contributed by atoms with van der Waals surface area (Å²) in [6.45, 7) is 5.74. The van der Waals surface area contributed by atoms with Gasteiger partial charge in [0.25, 0.3) is 0 Å². The highest BCUT2D eigenvalue weighted by atomic mass is 16.5. The Hall–Kier alpha value is -2.63. The van der Waals surface area contributed by atoms with Gasteiger partial charge in [-0.2, -0.15) is 0 Å². The Bertz CT molecular complexity index is 893. The molecule has 2 fully saturated rings. The molecule has 2 heterocycles. The van der Waals surface area contributed by atoms with Crippen LogP contribution in [0.3, 0.4) is 0 Å². The van der Waals surface area contributed by atoms with Gasteiger partial charge in [-0.1, -0.05) is 18.9 Å². The van der Waals surface area contributed by atoms with E-state index in [-0.39, 0.29) is 36.1 Å². The van der Waals surface area contributed by atoms with Crippen molar-refractivity contribution >= 4 is 29.0 Å². The second-order valence-corrected chi connectivity index (χ2v) is 8.85. The quantitative estimate of drug-likeness (QED) is 0.735. The summed E-state index contributed by atoms with van der Waals surface area (Å²) < 4.78 is 5.37. The Kier molecular flexibility index (Phi) is 4.75. The maximum absolute atomic E-state index is 13.4. The number of imide groups is 1. The zero-order valence-electron chi connectivity index (χ0n) is 17.5. The Morgan fingerprint density at radius 1 is 1.14 bits per heavy atom. The van der Waals surface area contributed by atoms with E-state index in [1.54, 1.807) is 12.0 Å². The SMILES string of the molecule is COc1ccc2c(c1)N(C(=O)CN1C(=O)[C@H]3CCCC[C@@H]3C1=O)C(C)(C)C=C2C. The van der Waals surface area contributed by atoms with Gasteiger partial charge in [-0.3, -0.25) is 19.3 Å². The summed E-state index contributed by atoms with van der Waals surface area (Å²) in [5.41, 5.74) is 2.19. The highest BCUT2D eigenvalue weighted by Crippen LogP contribution is 2.42. The second-order valence-electron chi connectivity index (χ2n) is 8.85. The van der Waals surface area contributed by atoms with E-state index in [1.165, 1.54) is 4.90 Å². The smallest absolute Gasteiger partial charge is 0.247 e. The summed E-state index contributed by atoms with van der Waals surface area (Å²) in [5, 5.41) is 0. The summed E-state index contributed by atoms with van der Waals surface area (Å²) in [7, 11) is 1.59. The number of rotatable bonds is 3. The summed E-state index contributed by atoms with van der Waals surface area (Å²) in [4.78, 5) is 42.0. The fourth-order valence-electron chi connectivity index (χ4n) is 5.19. The first-order valence-electron chi connectivity index (χ1n) is 10.3. The molecule has 1 saturated heterocycles. The number of amides is 3. The molecule has 1 aliphatic carbocycles. The van der Waals surface area contributed by atoms with E-state index in [1.807, 2.05) is 45.0 Å². The highest BCUT2D eigenvalue weighted by molar-refractivity contribution is 6.10. The lowest BCUT2D eigenvalue weighted by Crippen LogP contribution is -2.53. The van der Waals surface area contributed by atoms with Gasteiger partial charge in [0, 0.05) is 11.6 Å². The first-order valence-corrected chi connectivity index (χ1v) is 10.3. The summed E-state index contributed by atoms with van der Waals surface area (Å²) in [6.07, 6.45) is 5.48. The van der Waals surface area contributed by atoms with Crippen LogP contribution in [0.2, 0.25) is 0 Å². The third-order valence-corrected chi connectivity index (χ3v) is 6.49. The molecule has 1 saturated carbocycles. The molecule has 0 radical (unpaired) electrons. The van der Waals surface area contributed by atoms with Crippen LogP contribution in [-0.4, -0.2) is 41.8 Å². The van der Waals surface area contributed by atoms with Gasteiger partial charge in [0.05, 0.1) is 30.2 Å². The molecule has 6 nitrogen and oxygen atoms in total. The molecular weight excluding hydrogens is 368 g/mol. The van der Waals surface area contributed by atoms with Crippen molar-refractivity contribution in [1.29, 1.82) is 0 Å². The molecule has 0 aromatic heterocycles. The van der Waals surface area contributed by atoms with Gasteiger partial charge in [-0.15, -0.1) is 0 Å². The van der Waals surface area contributed by atoms with Crippen LogP contribution in [0.5, 0.6) is 5.75 Å². The predicted octanol–water partition coefficient (Wildman–Crippen LogP) is 3.40. The number of hydrogen-bond donors (Lipinski definition) is 0. The maximum Gasteiger partial charge on any atom is 0.247 e. The number of carbonyl (C=O) groups excluding carboxylic acids is 3. The molecule has 4 rings (SSSR count). The molecule has 0 unspecified atom stereocenters. The van der Waals surface area contributed by atoms with E-state index >= 15 is 0 Å². The average molecular weight is 396 g/mol. The fraction of sp³-hybridized carbons (Fsp3) is 0.522. The first kappa shape index (κ1) is 19.7. The van der Waals surface area contributed by atoms with Gasteiger partial charge in [-0.05, 0) is 51.3 Å². The number of anilines is 1. The molecule has 0 spiro atoms. The van der Waals surface area contributed by atoms with Crippen LogP contribution in [0.4, 0.5) is 5.69 Å². The van der Waals surface area contributed by atoms with E-state index in [2.05, 4.69) is 0 Å². The monoisotopic (exact) mass is 396 g/mol. The van der Waals surface area contributed by atoms with Gasteiger partial charge < -0.3 is 9.64 Å². The van der Waals surface area contributed by atoms with E-state index < -0.39 is 5.54 Å². The largest absolute Gasteiger partial charge is 0.497 e. The third kappa shape index (κ3) is 3.15. The van der Waals surface area contributed by atoms with Gasteiger partial charge >= 0.3 is 0 Å². The minimum atomic E-state index is -0.584. The maximum atomic E-state index is 13.4. The number of fused-ring (bicyclic) bond motifs is 2. The Morgan fingerprint density at radius 2 is 1.76 bits per heavy atom. The number of ether oxygens (including phenoxy) is 1. The number of methoxy groups -OCH3 is 1. The standard InChI is InChI=1S/C23H28N2O4/c1-14-12-23(2,3)25(19-11-15(29-4)9-10-16(14)19)20(26)13-24-21(27)17-7-5-6-8-18(17)22(24)28/h9-12,17-18H,5-8,13H2,1-4H3/t17-,18-/m0/s1. The van der Waals surface area contributed by atoms with Crippen LogP contribution in [-0.2, 0) is 14.4 Å². The molecule has 6 heteroatoms. The van der Waals surface area contributed by atoms with E-state index in [9.17, 15) is 14.4 Å². The molecule has 29 heavy (non-hydrogen) atoms. The lowest BCUT2D eigenvalue weighted by molar-refractivity contribution is -0.143. The number of carbonyl (C=O) groups is 3. The van der Waals surface area contributed by atoms with Crippen molar-refractivity contribution in [2.45, 2.75) is 52.0 Å². The van der Waals surface area contributed by atoms with Crippen molar-refractivity contribution in [3.05, 3.63) is 29.8 Å². The molecule has 1 aromatic rings. The number of benzene rings is 1. The van der Waals surface area contributed by atoms with Crippen LogP contribution in [0.25, 0.3) is 5.57 Å². The number of hydrogen-bond acceptors (Lipinski definition) is 4. The van der Waals surface area contributed by atoms with Crippen molar-refractivity contribution in [1.82, 2.24) is 4.90 Å². The zero-order chi connectivity index (χ0) is 20.9. The third-order valence-electron chi connectivity index (χ3n) is 6.49. The van der Waals surface area contributed by atoms with Crippen molar-refractivity contribution in [3.63, 3.8) is 0 Å². The molecule has 0 N–H and O–H groups in total. The lowest BCUT2D eigenvalue weighted by Gasteiger charge is -2.42. The van der Waals surface area contributed by atoms with Gasteiger partial charge in [0.2, 0.25) is 17.7 Å². The first-order chi connectivity index (χ1) is 13.7. The van der Waals surface area contributed by atoms with Crippen LogP contribution < -0.4 is 9.64 Å². The van der Waals surface area contributed by atoms with Crippen LogP contribution in [0.1, 0.15) is 52.0 Å². The van der Waals surface area contributed by atoms with E-state index in [4.69, 9.17) is 4.74 Å². The lowest BCUT2D eigenvalue weighted by atomic mass is 9.81. The van der Waals surface area contributed by atoms with Crippen molar-refractivity contribution in [2.75, 3.05) is 18.6 Å². The molecule has 2 aliphatic heterocycles. The Balaban J connectivity index is 1.66. The number of nitrogens with zero attached hydrogens (tertiary/aromatic N) is 2. The van der Waals surface area contributed by atoms with Crippen molar-refractivity contribution in [2.24, 2.45) is 11.8 Å². The van der Waals surface area contributed by atoms with Gasteiger partial charge in [0.15, 0.2) is 0 Å². The molecule has 3 amide bonds. The van der Waals surface area contributed by atoms with Crippen LogP contribution >= 0.6 is 0 Å². The van der Waals surface area contributed by atoms with Crippen molar-refractivity contribution in [3.8, 4) is 5.75 Å².